The Hall–Kier alpha value is -3.53. The second-order valence-electron chi connectivity index (χ2n) is 8.32. The van der Waals surface area contributed by atoms with Crippen molar-refractivity contribution in [2.45, 2.75) is 18.4 Å². The number of fused-ring (bicyclic) bond motifs is 3. The van der Waals surface area contributed by atoms with Gasteiger partial charge >= 0.3 is 6.18 Å². The van der Waals surface area contributed by atoms with Crippen molar-refractivity contribution in [1.82, 2.24) is 5.32 Å². The van der Waals surface area contributed by atoms with Gasteiger partial charge in [0.15, 0.2) is 0 Å². The van der Waals surface area contributed by atoms with E-state index in [4.69, 9.17) is 11.6 Å². The predicted molar refractivity (Wildman–Crippen MR) is 125 cm³/mol. The fraction of sp³-hybridized carbons (Fsp3) is 0.115. The van der Waals surface area contributed by atoms with Gasteiger partial charge in [-0.3, -0.25) is 10.1 Å². The van der Waals surface area contributed by atoms with Crippen molar-refractivity contribution < 1.29 is 31.9 Å². The molecule has 4 nitrogen and oxygen atoms in total. The number of amides is 1. The molecule has 36 heavy (non-hydrogen) atoms. The van der Waals surface area contributed by atoms with E-state index >= 15 is 0 Å². The van der Waals surface area contributed by atoms with Crippen molar-refractivity contribution >= 4 is 34.0 Å². The monoisotopic (exact) mass is 518 g/mol. The van der Waals surface area contributed by atoms with Gasteiger partial charge in [-0.15, -0.1) is 0 Å². The Morgan fingerprint density at radius 3 is 2.44 bits per heavy atom. The van der Waals surface area contributed by atoms with Gasteiger partial charge in [0.25, 0.3) is 5.91 Å². The summed E-state index contributed by atoms with van der Waals surface area (Å²) in [6.07, 6.45) is -6.08. The fourth-order valence-corrected chi connectivity index (χ4v) is 4.71. The summed E-state index contributed by atoms with van der Waals surface area (Å²) in [5.74, 6) is -2.80. The molecule has 4 aromatic carbocycles. The molecule has 1 aliphatic heterocycles. The molecule has 0 spiro atoms. The molecule has 3 N–H and O–H groups in total. The SMILES string of the molecule is O=C(Nc1cc2ccccc2c2c1C(c1cc(F)ccc1Cl)NC2O)c1cc(F)cc(C(F)(F)F)c1. The molecule has 0 fully saturated rings. The summed E-state index contributed by atoms with van der Waals surface area (Å²) < 4.78 is 67.5. The first-order chi connectivity index (χ1) is 17.0. The minimum absolute atomic E-state index is 0.140. The molecule has 4 aromatic rings. The van der Waals surface area contributed by atoms with Crippen molar-refractivity contribution in [2.75, 3.05) is 5.32 Å². The van der Waals surface area contributed by atoms with Crippen LogP contribution in [-0.4, -0.2) is 11.0 Å². The lowest BCUT2D eigenvalue weighted by molar-refractivity contribution is -0.137. The first kappa shape index (κ1) is 24.2. The highest BCUT2D eigenvalue weighted by Crippen LogP contribution is 2.46. The molecule has 0 radical (unpaired) electrons. The Kier molecular flexibility index (Phi) is 5.94. The molecule has 1 amide bonds. The van der Waals surface area contributed by atoms with Crippen molar-refractivity contribution in [3.05, 3.63) is 111 Å². The lowest BCUT2D eigenvalue weighted by Gasteiger charge is -2.19. The van der Waals surface area contributed by atoms with E-state index in [1.807, 2.05) is 0 Å². The van der Waals surface area contributed by atoms with E-state index in [9.17, 15) is 31.9 Å². The summed E-state index contributed by atoms with van der Waals surface area (Å²) in [6.45, 7) is 0. The summed E-state index contributed by atoms with van der Waals surface area (Å²) in [5.41, 5.74) is -0.682. The van der Waals surface area contributed by atoms with Gasteiger partial charge in [0.05, 0.1) is 11.6 Å². The number of halogens is 6. The Labute approximate surface area is 206 Å². The molecule has 5 rings (SSSR count). The lowest BCUT2D eigenvalue weighted by Crippen LogP contribution is -2.20. The summed E-state index contributed by atoms with van der Waals surface area (Å²) in [4.78, 5) is 13.0. The minimum atomic E-state index is -4.85. The smallest absolute Gasteiger partial charge is 0.374 e. The van der Waals surface area contributed by atoms with Crippen LogP contribution in [0.5, 0.6) is 0 Å². The highest BCUT2D eigenvalue weighted by atomic mass is 35.5. The van der Waals surface area contributed by atoms with Gasteiger partial charge < -0.3 is 10.4 Å². The number of alkyl halides is 3. The molecule has 0 saturated carbocycles. The number of aliphatic hydroxyl groups excluding tert-OH is 1. The van der Waals surface area contributed by atoms with Crippen molar-refractivity contribution in [3.63, 3.8) is 0 Å². The zero-order valence-electron chi connectivity index (χ0n) is 18.1. The maximum Gasteiger partial charge on any atom is 0.416 e. The number of hydrogen-bond acceptors (Lipinski definition) is 3. The van der Waals surface area contributed by atoms with E-state index in [0.717, 1.165) is 0 Å². The quantitative estimate of drug-likeness (QED) is 0.264. The van der Waals surface area contributed by atoms with Gasteiger partial charge in [-0.25, -0.2) is 8.78 Å². The molecular weight excluding hydrogens is 503 g/mol. The third kappa shape index (κ3) is 4.30. The number of nitrogens with one attached hydrogen (secondary N) is 2. The molecule has 184 valence electrons. The van der Waals surface area contributed by atoms with Crippen LogP contribution in [0.2, 0.25) is 5.02 Å². The Balaban J connectivity index is 1.66. The molecule has 0 bridgehead atoms. The molecule has 0 aromatic heterocycles. The summed E-state index contributed by atoms with van der Waals surface area (Å²) in [7, 11) is 0. The van der Waals surface area contributed by atoms with Gasteiger partial charge in [-0.1, -0.05) is 35.9 Å². The van der Waals surface area contributed by atoms with Crippen LogP contribution in [0.15, 0.2) is 66.7 Å². The molecule has 2 atom stereocenters. The van der Waals surface area contributed by atoms with Gasteiger partial charge in [0.2, 0.25) is 0 Å². The van der Waals surface area contributed by atoms with Crippen LogP contribution in [0.1, 0.15) is 44.9 Å². The van der Waals surface area contributed by atoms with Gasteiger partial charge in [0, 0.05) is 27.4 Å². The number of benzene rings is 4. The number of rotatable bonds is 3. The van der Waals surface area contributed by atoms with Crippen LogP contribution in [0, 0.1) is 11.6 Å². The van der Waals surface area contributed by atoms with Crippen molar-refractivity contribution in [1.29, 1.82) is 0 Å². The largest absolute Gasteiger partial charge is 0.416 e. The number of aliphatic hydroxyl groups is 1. The third-order valence-corrected chi connectivity index (χ3v) is 6.37. The third-order valence-electron chi connectivity index (χ3n) is 6.02. The van der Waals surface area contributed by atoms with Crippen LogP contribution >= 0.6 is 11.6 Å². The summed E-state index contributed by atoms with van der Waals surface area (Å²) in [5, 5.41) is 17.8. The number of hydrogen-bond donors (Lipinski definition) is 3. The van der Waals surface area contributed by atoms with Gasteiger partial charge in [-0.2, -0.15) is 13.2 Å². The molecule has 1 aliphatic rings. The van der Waals surface area contributed by atoms with E-state index in [1.165, 1.54) is 18.2 Å². The Bertz CT molecular complexity index is 1520. The number of carbonyl (C=O) groups is 1. The first-order valence-electron chi connectivity index (χ1n) is 10.7. The lowest BCUT2D eigenvalue weighted by atomic mass is 9.92. The van der Waals surface area contributed by atoms with Crippen molar-refractivity contribution in [3.8, 4) is 0 Å². The predicted octanol–water partition coefficient (Wildman–Crippen LogP) is 6.73. The Morgan fingerprint density at radius 2 is 1.69 bits per heavy atom. The van der Waals surface area contributed by atoms with Crippen LogP contribution in [-0.2, 0) is 6.18 Å². The van der Waals surface area contributed by atoms with E-state index in [2.05, 4.69) is 10.6 Å². The zero-order chi connectivity index (χ0) is 25.8. The van der Waals surface area contributed by atoms with E-state index < -0.39 is 47.1 Å². The molecule has 0 saturated heterocycles. The van der Waals surface area contributed by atoms with E-state index in [1.54, 1.807) is 30.3 Å². The van der Waals surface area contributed by atoms with Crippen LogP contribution in [0.4, 0.5) is 27.6 Å². The molecule has 1 heterocycles. The zero-order valence-corrected chi connectivity index (χ0v) is 18.9. The van der Waals surface area contributed by atoms with Gasteiger partial charge in [-0.05, 0) is 58.8 Å². The normalized spacial score (nSPS) is 17.3. The minimum Gasteiger partial charge on any atom is -0.374 e. The molecule has 10 heteroatoms. The standard InChI is InChI=1S/C26H16ClF5N2O2/c27-19-6-5-15(28)11-18(19)23-22-20(9-12-3-1-2-4-17(12)21(22)25(36)34-23)33-24(35)13-7-14(26(30,31)32)10-16(29)8-13/h1-11,23,25,34,36H,(H,33,35). The van der Waals surface area contributed by atoms with E-state index in [0.29, 0.717) is 40.1 Å². The first-order valence-corrected chi connectivity index (χ1v) is 11.0. The van der Waals surface area contributed by atoms with Gasteiger partial charge in [0.1, 0.15) is 17.9 Å². The second-order valence-corrected chi connectivity index (χ2v) is 8.73. The maximum atomic E-state index is 14.1. The average Bonchev–Trinajstić information content (AvgIpc) is 3.17. The molecular formula is C26H16ClF5N2O2. The summed E-state index contributed by atoms with van der Waals surface area (Å²) in [6, 6.07) is 12.9. The second kappa shape index (κ2) is 8.85. The molecule has 0 aliphatic carbocycles. The maximum absolute atomic E-state index is 14.1. The summed E-state index contributed by atoms with van der Waals surface area (Å²) >= 11 is 6.32. The van der Waals surface area contributed by atoms with E-state index in [-0.39, 0.29) is 16.3 Å². The molecule has 2 unspecified atom stereocenters. The highest BCUT2D eigenvalue weighted by Gasteiger charge is 2.36. The van der Waals surface area contributed by atoms with Crippen LogP contribution < -0.4 is 10.6 Å². The topological polar surface area (TPSA) is 61.4 Å². The van der Waals surface area contributed by atoms with Crippen LogP contribution in [0.25, 0.3) is 10.8 Å². The van der Waals surface area contributed by atoms with Crippen molar-refractivity contribution in [2.24, 2.45) is 0 Å². The van der Waals surface area contributed by atoms with Crippen LogP contribution in [0.3, 0.4) is 0 Å². The number of anilines is 1. The average molecular weight is 519 g/mol. The Morgan fingerprint density at radius 1 is 0.944 bits per heavy atom. The number of carbonyl (C=O) groups excluding carboxylic acids is 1. The fourth-order valence-electron chi connectivity index (χ4n) is 4.49. The highest BCUT2D eigenvalue weighted by molar-refractivity contribution is 6.31.